The summed E-state index contributed by atoms with van der Waals surface area (Å²) in [6.07, 6.45) is 5.82. The highest BCUT2D eigenvalue weighted by atomic mass is 35.5. The Bertz CT molecular complexity index is 1130. The molecule has 35 heavy (non-hydrogen) atoms. The molecule has 3 aromatic rings. The first-order valence-electron chi connectivity index (χ1n) is 11.2. The van der Waals surface area contributed by atoms with Gasteiger partial charge in [-0.1, -0.05) is 6.07 Å². The van der Waals surface area contributed by atoms with Gasteiger partial charge in [0.05, 0.1) is 17.7 Å². The molecule has 194 valence electrons. The summed E-state index contributed by atoms with van der Waals surface area (Å²) < 4.78 is 7.59. The number of hydrogen-bond acceptors (Lipinski definition) is 6. The van der Waals surface area contributed by atoms with Crippen LogP contribution in [0.5, 0.6) is 5.75 Å². The molecule has 0 bridgehead atoms. The van der Waals surface area contributed by atoms with Gasteiger partial charge in [0.25, 0.3) is 0 Å². The number of fused-ring (bicyclic) bond motifs is 1. The second kappa shape index (κ2) is 13.3. The van der Waals surface area contributed by atoms with Crippen LogP contribution in [0, 0.1) is 0 Å². The summed E-state index contributed by atoms with van der Waals surface area (Å²) >= 11 is 0. The Morgan fingerprint density at radius 2 is 1.89 bits per heavy atom. The summed E-state index contributed by atoms with van der Waals surface area (Å²) in [5.41, 5.74) is 4.70. The Morgan fingerprint density at radius 3 is 2.46 bits per heavy atom. The van der Waals surface area contributed by atoms with Crippen LogP contribution >= 0.6 is 37.2 Å². The topological polar surface area (TPSA) is 70.8 Å². The normalized spacial score (nSPS) is 13.3. The van der Waals surface area contributed by atoms with E-state index in [1.807, 2.05) is 51.2 Å². The molecule has 1 fully saturated rings. The summed E-state index contributed by atoms with van der Waals surface area (Å²) in [5, 5.41) is 12.2. The number of halogens is 3. The third-order valence-corrected chi connectivity index (χ3v) is 6.18. The van der Waals surface area contributed by atoms with Crippen molar-refractivity contribution in [2.24, 2.45) is 7.05 Å². The molecule has 0 atom stereocenters. The van der Waals surface area contributed by atoms with E-state index in [4.69, 9.17) is 4.74 Å². The number of hydrogen-bond donors (Lipinski definition) is 1. The second-order valence-corrected chi connectivity index (χ2v) is 8.71. The van der Waals surface area contributed by atoms with Crippen LogP contribution in [0.15, 0.2) is 30.6 Å². The maximum atomic E-state index is 13.2. The highest BCUT2D eigenvalue weighted by molar-refractivity contribution is 6.09. The minimum Gasteiger partial charge on any atom is -0.507 e. The fourth-order valence-corrected chi connectivity index (χ4v) is 4.69. The number of nitrogens with zero attached hydrogens (tertiary/aromatic N) is 4. The van der Waals surface area contributed by atoms with Gasteiger partial charge in [-0.2, -0.15) is 0 Å². The fourth-order valence-electron chi connectivity index (χ4n) is 4.69. The first kappa shape index (κ1) is 31.0. The number of benzene rings is 1. The Labute approximate surface area is 225 Å². The Kier molecular flexibility index (Phi) is 11.8. The molecule has 0 spiro atoms. The Morgan fingerprint density at radius 1 is 1.20 bits per heavy atom. The van der Waals surface area contributed by atoms with Gasteiger partial charge in [0.1, 0.15) is 5.75 Å². The number of aromatic hydroxyl groups is 1. The predicted octanol–water partition coefficient (Wildman–Crippen LogP) is 5.05. The molecule has 1 saturated heterocycles. The minimum atomic E-state index is -0.333. The van der Waals surface area contributed by atoms with Gasteiger partial charge in [-0.05, 0) is 59.1 Å². The number of likely N-dealkylation sites (tertiary alicyclic amines) is 1. The molecule has 0 radical (unpaired) electrons. The lowest BCUT2D eigenvalue weighted by Crippen LogP contribution is -2.22. The van der Waals surface area contributed by atoms with Crippen molar-refractivity contribution in [3.8, 4) is 16.9 Å². The largest absolute Gasteiger partial charge is 0.507 e. The standard InChI is InChI=1S/C25H32N4O3.3ClH/c1-5-32-25(31)23-21(16-29-11-6-7-12-29)28(4)20-13-18(17-9-8-10-26-14-17)24(30)19(22(20)23)15-27(2)3;;;/h8-10,13-14,30H,5-7,11-12,15-16H2,1-4H3;3*1H. The van der Waals surface area contributed by atoms with Crippen LogP contribution in [0.1, 0.15) is 41.4 Å². The first-order valence-corrected chi connectivity index (χ1v) is 11.2. The second-order valence-electron chi connectivity index (χ2n) is 8.71. The van der Waals surface area contributed by atoms with Crippen molar-refractivity contribution >= 4 is 54.1 Å². The van der Waals surface area contributed by atoms with Crippen LogP contribution < -0.4 is 0 Å². The number of rotatable bonds is 7. The van der Waals surface area contributed by atoms with Gasteiger partial charge in [-0.3, -0.25) is 9.88 Å². The molecule has 2 aromatic heterocycles. The number of ether oxygens (including phenoxy) is 1. The van der Waals surface area contributed by atoms with Gasteiger partial charge >= 0.3 is 5.97 Å². The van der Waals surface area contributed by atoms with Crippen molar-refractivity contribution in [3.05, 3.63) is 47.4 Å². The van der Waals surface area contributed by atoms with E-state index < -0.39 is 0 Å². The first-order chi connectivity index (χ1) is 15.4. The number of phenols is 1. The van der Waals surface area contributed by atoms with E-state index in [-0.39, 0.29) is 48.9 Å². The van der Waals surface area contributed by atoms with Crippen LogP contribution in [0.4, 0.5) is 0 Å². The van der Waals surface area contributed by atoms with Crippen molar-refractivity contribution < 1.29 is 14.6 Å². The molecule has 4 rings (SSSR count). The molecule has 0 saturated carbocycles. The summed E-state index contributed by atoms with van der Waals surface area (Å²) in [4.78, 5) is 21.8. The number of pyridine rings is 1. The lowest BCUT2D eigenvalue weighted by molar-refractivity contribution is 0.0526. The molecule has 10 heteroatoms. The van der Waals surface area contributed by atoms with Gasteiger partial charge in [-0.25, -0.2) is 4.79 Å². The summed E-state index contributed by atoms with van der Waals surface area (Å²) in [6, 6.07) is 5.77. The van der Waals surface area contributed by atoms with Crippen LogP contribution in [-0.2, 0) is 24.9 Å². The summed E-state index contributed by atoms with van der Waals surface area (Å²) in [6.45, 7) is 5.36. The van der Waals surface area contributed by atoms with E-state index in [0.717, 1.165) is 40.8 Å². The van der Waals surface area contributed by atoms with Crippen molar-refractivity contribution in [1.82, 2.24) is 19.4 Å². The molecule has 3 heterocycles. The smallest absolute Gasteiger partial charge is 0.340 e. The molecule has 7 nitrogen and oxygen atoms in total. The number of esters is 1. The monoisotopic (exact) mass is 544 g/mol. The SMILES string of the molecule is CCOC(=O)c1c(CN2CCCC2)n(C)c2cc(-c3cccnc3)c(O)c(CN(C)C)c12.Cl.Cl.Cl. The molecule has 0 amide bonds. The molecule has 1 N–H and O–H groups in total. The predicted molar refractivity (Wildman–Crippen MR) is 147 cm³/mol. The lowest BCUT2D eigenvalue weighted by atomic mass is 9.96. The molecule has 0 aliphatic carbocycles. The van der Waals surface area contributed by atoms with E-state index in [1.165, 1.54) is 12.8 Å². The van der Waals surface area contributed by atoms with Crippen LogP contribution in [0.25, 0.3) is 22.0 Å². The third-order valence-electron chi connectivity index (χ3n) is 6.18. The van der Waals surface area contributed by atoms with Gasteiger partial charge in [0.2, 0.25) is 0 Å². The molecule has 1 aliphatic rings. The zero-order valence-electron chi connectivity index (χ0n) is 20.6. The zero-order valence-corrected chi connectivity index (χ0v) is 23.1. The maximum absolute atomic E-state index is 13.2. The van der Waals surface area contributed by atoms with Crippen molar-refractivity contribution in [1.29, 1.82) is 0 Å². The van der Waals surface area contributed by atoms with Gasteiger partial charge in [-0.15, -0.1) is 37.2 Å². The summed E-state index contributed by atoms with van der Waals surface area (Å²) in [5.74, 6) is -0.149. The van der Waals surface area contributed by atoms with E-state index in [2.05, 4.69) is 14.5 Å². The van der Waals surface area contributed by atoms with E-state index in [9.17, 15) is 9.90 Å². The van der Waals surface area contributed by atoms with Crippen LogP contribution in [0.3, 0.4) is 0 Å². The summed E-state index contributed by atoms with van der Waals surface area (Å²) in [7, 11) is 5.92. The number of aryl methyl sites for hydroxylation is 1. The van der Waals surface area contributed by atoms with E-state index >= 15 is 0 Å². The van der Waals surface area contributed by atoms with E-state index in [1.54, 1.807) is 12.4 Å². The number of carbonyl (C=O) groups is 1. The molecular formula is C25H35Cl3N4O3. The third kappa shape index (κ3) is 6.22. The number of aromatic nitrogens is 2. The number of carbonyl (C=O) groups excluding carboxylic acids is 1. The van der Waals surface area contributed by atoms with Crippen molar-refractivity contribution in [2.75, 3.05) is 33.8 Å². The van der Waals surface area contributed by atoms with Gasteiger partial charge in [0, 0.05) is 60.3 Å². The van der Waals surface area contributed by atoms with Crippen LogP contribution in [0.2, 0.25) is 0 Å². The average molecular weight is 546 g/mol. The molecule has 1 aromatic carbocycles. The molecule has 1 aliphatic heterocycles. The fraction of sp³-hybridized carbons (Fsp3) is 0.440. The highest BCUT2D eigenvalue weighted by Gasteiger charge is 2.29. The minimum absolute atomic E-state index is 0. The lowest BCUT2D eigenvalue weighted by Gasteiger charge is -2.17. The van der Waals surface area contributed by atoms with Gasteiger partial charge in [0.15, 0.2) is 0 Å². The highest BCUT2D eigenvalue weighted by Crippen LogP contribution is 2.42. The van der Waals surface area contributed by atoms with Crippen molar-refractivity contribution in [2.45, 2.75) is 32.9 Å². The van der Waals surface area contributed by atoms with Gasteiger partial charge < -0.3 is 19.3 Å². The molecular weight excluding hydrogens is 511 g/mol. The van der Waals surface area contributed by atoms with E-state index in [0.29, 0.717) is 30.8 Å². The number of phenolic OH excluding ortho intramolecular Hbond substituents is 1. The quantitative estimate of drug-likeness (QED) is 0.419. The Balaban J connectivity index is 0.00000204. The maximum Gasteiger partial charge on any atom is 0.340 e. The van der Waals surface area contributed by atoms with Crippen molar-refractivity contribution in [3.63, 3.8) is 0 Å². The zero-order chi connectivity index (χ0) is 22.8. The van der Waals surface area contributed by atoms with Crippen LogP contribution in [-0.4, -0.2) is 64.2 Å². The Hall–Kier alpha value is -2.03. The average Bonchev–Trinajstić information content (AvgIpc) is 3.38. The molecule has 0 unspecified atom stereocenters.